The number of carboxylic acids is 1. The SMILES string of the molecule is O=C(O)C1CCN(CC(=O)N(Cc2ccccc2)c2ccccc2)CC1. The Kier molecular flexibility index (Phi) is 6.02. The van der Waals surface area contributed by atoms with Gasteiger partial charge in [-0.15, -0.1) is 0 Å². The standard InChI is InChI=1S/C21H24N2O3/c24-20(16-22-13-11-18(12-14-22)21(25)26)23(19-9-5-2-6-10-19)15-17-7-3-1-4-8-17/h1-10,18H,11-16H2,(H,25,26). The summed E-state index contributed by atoms with van der Waals surface area (Å²) in [7, 11) is 0. The molecule has 0 radical (unpaired) electrons. The van der Waals surface area contributed by atoms with Gasteiger partial charge in [-0.3, -0.25) is 14.5 Å². The number of likely N-dealkylation sites (tertiary alicyclic amines) is 1. The molecule has 2 aromatic rings. The third kappa shape index (κ3) is 4.70. The Morgan fingerprint density at radius 1 is 0.962 bits per heavy atom. The first-order chi connectivity index (χ1) is 12.6. The number of carbonyl (C=O) groups is 2. The highest BCUT2D eigenvalue weighted by molar-refractivity contribution is 5.94. The number of anilines is 1. The van der Waals surface area contributed by atoms with Crippen molar-refractivity contribution in [2.75, 3.05) is 24.5 Å². The largest absolute Gasteiger partial charge is 0.481 e. The average Bonchev–Trinajstić information content (AvgIpc) is 2.68. The van der Waals surface area contributed by atoms with Crippen LogP contribution in [-0.2, 0) is 16.1 Å². The van der Waals surface area contributed by atoms with E-state index in [1.165, 1.54) is 0 Å². The van der Waals surface area contributed by atoms with Crippen LogP contribution in [-0.4, -0.2) is 41.5 Å². The number of para-hydroxylation sites is 1. The van der Waals surface area contributed by atoms with Crippen LogP contribution in [0.4, 0.5) is 5.69 Å². The number of piperidine rings is 1. The van der Waals surface area contributed by atoms with E-state index in [9.17, 15) is 9.59 Å². The molecule has 0 aromatic heterocycles. The second kappa shape index (κ2) is 8.63. The fraction of sp³-hybridized carbons (Fsp3) is 0.333. The van der Waals surface area contributed by atoms with E-state index in [0.29, 0.717) is 39.0 Å². The third-order valence-electron chi connectivity index (χ3n) is 4.85. The van der Waals surface area contributed by atoms with E-state index in [1.54, 1.807) is 4.90 Å². The Morgan fingerprint density at radius 3 is 2.12 bits per heavy atom. The van der Waals surface area contributed by atoms with E-state index < -0.39 is 5.97 Å². The van der Waals surface area contributed by atoms with Gasteiger partial charge in [0.15, 0.2) is 0 Å². The Labute approximate surface area is 153 Å². The Bertz CT molecular complexity index is 725. The molecule has 2 aromatic carbocycles. The van der Waals surface area contributed by atoms with Gasteiger partial charge >= 0.3 is 5.97 Å². The highest BCUT2D eigenvalue weighted by atomic mass is 16.4. The summed E-state index contributed by atoms with van der Waals surface area (Å²) in [4.78, 5) is 27.9. The lowest BCUT2D eigenvalue weighted by atomic mass is 9.97. The molecular formula is C21H24N2O3. The molecule has 0 unspecified atom stereocenters. The van der Waals surface area contributed by atoms with Gasteiger partial charge in [-0.2, -0.15) is 0 Å². The minimum atomic E-state index is -0.731. The van der Waals surface area contributed by atoms with Crippen molar-refractivity contribution in [1.29, 1.82) is 0 Å². The fourth-order valence-corrected chi connectivity index (χ4v) is 3.31. The molecule has 5 heteroatoms. The molecule has 1 N–H and O–H groups in total. The molecule has 136 valence electrons. The number of rotatable bonds is 6. The van der Waals surface area contributed by atoms with Crippen molar-refractivity contribution >= 4 is 17.6 Å². The molecule has 3 rings (SSSR count). The van der Waals surface area contributed by atoms with Crippen molar-refractivity contribution in [1.82, 2.24) is 4.90 Å². The minimum absolute atomic E-state index is 0.0360. The Morgan fingerprint density at radius 2 is 1.54 bits per heavy atom. The maximum atomic E-state index is 13.0. The maximum absolute atomic E-state index is 13.0. The van der Waals surface area contributed by atoms with Gasteiger partial charge in [-0.1, -0.05) is 48.5 Å². The first kappa shape index (κ1) is 18.1. The second-order valence-electron chi connectivity index (χ2n) is 6.69. The van der Waals surface area contributed by atoms with Gasteiger partial charge in [0.2, 0.25) is 5.91 Å². The number of hydrogen-bond acceptors (Lipinski definition) is 3. The zero-order valence-corrected chi connectivity index (χ0v) is 14.8. The van der Waals surface area contributed by atoms with Crippen molar-refractivity contribution in [3.63, 3.8) is 0 Å². The molecule has 0 aliphatic carbocycles. The molecule has 0 saturated carbocycles. The van der Waals surface area contributed by atoms with Crippen LogP contribution in [0.15, 0.2) is 60.7 Å². The molecule has 1 amide bonds. The molecule has 0 spiro atoms. The van der Waals surface area contributed by atoms with E-state index in [0.717, 1.165) is 11.3 Å². The van der Waals surface area contributed by atoms with Crippen molar-refractivity contribution in [3.8, 4) is 0 Å². The number of aliphatic carboxylic acids is 1. The lowest BCUT2D eigenvalue weighted by Crippen LogP contribution is -2.44. The van der Waals surface area contributed by atoms with Crippen LogP contribution in [0.5, 0.6) is 0 Å². The van der Waals surface area contributed by atoms with Crippen LogP contribution < -0.4 is 4.90 Å². The zero-order valence-electron chi connectivity index (χ0n) is 14.8. The topological polar surface area (TPSA) is 60.9 Å². The average molecular weight is 352 g/mol. The number of carbonyl (C=O) groups excluding carboxylic acids is 1. The Balaban J connectivity index is 1.68. The van der Waals surface area contributed by atoms with Crippen LogP contribution in [0, 0.1) is 5.92 Å². The predicted molar refractivity (Wildman–Crippen MR) is 101 cm³/mol. The van der Waals surface area contributed by atoms with Crippen molar-refractivity contribution < 1.29 is 14.7 Å². The summed E-state index contributed by atoms with van der Waals surface area (Å²) < 4.78 is 0. The van der Waals surface area contributed by atoms with Crippen molar-refractivity contribution in [2.24, 2.45) is 5.92 Å². The zero-order chi connectivity index (χ0) is 18.4. The number of hydrogen-bond donors (Lipinski definition) is 1. The molecule has 0 bridgehead atoms. The first-order valence-corrected chi connectivity index (χ1v) is 8.98. The molecule has 1 aliphatic heterocycles. The first-order valence-electron chi connectivity index (χ1n) is 8.98. The summed E-state index contributed by atoms with van der Waals surface area (Å²) >= 11 is 0. The molecule has 0 atom stereocenters. The molecule has 26 heavy (non-hydrogen) atoms. The van der Waals surface area contributed by atoms with Gasteiger partial charge < -0.3 is 10.0 Å². The van der Waals surface area contributed by atoms with Crippen LogP contribution in [0.1, 0.15) is 18.4 Å². The number of benzene rings is 2. The monoisotopic (exact) mass is 352 g/mol. The smallest absolute Gasteiger partial charge is 0.306 e. The molecule has 1 aliphatic rings. The summed E-state index contributed by atoms with van der Waals surface area (Å²) in [6.45, 7) is 2.14. The summed E-state index contributed by atoms with van der Waals surface area (Å²) in [5, 5.41) is 9.11. The van der Waals surface area contributed by atoms with Gasteiger partial charge in [0.25, 0.3) is 0 Å². The summed E-state index contributed by atoms with van der Waals surface area (Å²) in [5.41, 5.74) is 1.95. The summed E-state index contributed by atoms with van der Waals surface area (Å²) in [6.07, 6.45) is 1.21. The number of amides is 1. The normalized spacial score (nSPS) is 15.5. The van der Waals surface area contributed by atoms with Gasteiger partial charge in [0.05, 0.1) is 19.0 Å². The lowest BCUT2D eigenvalue weighted by Gasteiger charge is -2.32. The van der Waals surface area contributed by atoms with Crippen LogP contribution >= 0.6 is 0 Å². The van der Waals surface area contributed by atoms with Crippen molar-refractivity contribution in [2.45, 2.75) is 19.4 Å². The molecular weight excluding hydrogens is 328 g/mol. The van der Waals surface area contributed by atoms with E-state index in [4.69, 9.17) is 5.11 Å². The van der Waals surface area contributed by atoms with E-state index in [-0.39, 0.29) is 11.8 Å². The second-order valence-corrected chi connectivity index (χ2v) is 6.69. The third-order valence-corrected chi connectivity index (χ3v) is 4.85. The number of carboxylic acid groups (broad SMARTS) is 1. The fourth-order valence-electron chi connectivity index (χ4n) is 3.31. The van der Waals surface area contributed by atoms with Crippen molar-refractivity contribution in [3.05, 3.63) is 66.2 Å². The van der Waals surface area contributed by atoms with E-state index >= 15 is 0 Å². The number of nitrogens with zero attached hydrogens (tertiary/aromatic N) is 2. The van der Waals surface area contributed by atoms with E-state index in [2.05, 4.69) is 4.90 Å². The molecule has 5 nitrogen and oxygen atoms in total. The maximum Gasteiger partial charge on any atom is 0.306 e. The van der Waals surface area contributed by atoms with E-state index in [1.807, 2.05) is 60.7 Å². The van der Waals surface area contributed by atoms with Gasteiger partial charge in [0, 0.05) is 5.69 Å². The van der Waals surface area contributed by atoms with Crippen LogP contribution in [0.2, 0.25) is 0 Å². The molecule has 1 heterocycles. The molecule has 1 saturated heterocycles. The predicted octanol–water partition coefficient (Wildman–Crippen LogP) is 3.02. The lowest BCUT2D eigenvalue weighted by molar-refractivity contribution is -0.143. The van der Waals surface area contributed by atoms with Gasteiger partial charge in [-0.25, -0.2) is 0 Å². The Hall–Kier alpha value is -2.66. The highest BCUT2D eigenvalue weighted by Gasteiger charge is 2.27. The minimum Gasteiger partial charge on any atom is -0.481 e. The molecule has 1 fully saturated rings. The summed E-state index contributed by atoms with van der Waals surface area (Å²) in [5.74, 6) is -0.976. The van der Waals surface area contributed by atoms with Crippen LogP contribution in [0.25, 0.3) is 0 Å². The highest BCUT2D eigenvalue weighted by Crippen LogP contribution is 2.20. The van der Waals surface area contributed by atoms with Gasteiger partial charge in [-0.05, 0) is 43.6 Å². The van der Waals surface area contributed by atoms with Crippen LogP contribution in [0.3, 0.4) is 0 Å². The van der Waals surface area contributed by atoms with Gasteiger partial charge in [0.1, 0.15) is 0 Å². The summed E-state index contributed by atoms with van der Waals surface area (Å²) in [6, 6.07) is 19.6. The quantitative estimate of drug-likeness (QED) is 0.868.